The smallest absolute Gasteiger partial charge is 0.343 e. The Morgan fingerprint density at radius 2 is 1.71 bits per heavy atom. The molecule has 1 aromatic heterocycles. The molecule has 198 valence electrons. The monoisotopic (exact) mass is 520 g/mol. The highest BCUT2D eigenvalue weighted by molar-refractivity contribution is 5.98. The molecule has 0 aliphatic carbocycles. The normalized spacial score (nSPS) is 19.4. The lowest BCUT2D eigenvalue weighted by Crippen LogP contribution is -2.36. The fourth-order valence-corrected chi connectivity index (χ4v) is 5.79. The van der Waals surface area contributed by atoms with Crippen LogP contribution in [0.25, 0.3) is 11.1 Å². The van der Waals surface area contributed by atoms with E-state index in [9.17, 15) is 4.79 Å². The number of aromatic nitrogens is 1. The van der Waals surface area contributed by atoms with E-state index < -0.39 is 12.1 Å². The van der Waals surface area contributed by atoms with Crippen LogP contribution in [0.2, 0.25) is 0 Å². The number of benzene rings is 2. The van der Waals surface area contributed by atoms with Gasteiger partial charge in [-0.15, -0.1) is 0 Å². The summed E-state index contributed by atoms with van der Waals surface area (Å²) >= 11 is 0. The summed E-state index contributed by atoms with van der Waals surface area (Å²) < 4.78 is 40.2. The highest BCUT2D eigenvalue weighted by Gasteiger charge is 2.47. The number of rotatable bonds is 6. The molecule has 10 nitrogen and oxygen atoms in total. The molecule has 0 saturated carbocycles. The Kier molecular flexibility index (Phi) is 5.91. The average molecular weight is 521 g/mol. The minimum Gasteiger partial charge on any atom is -0.493 e. The van der Waals surface area contributed by atoms with Crippen molar-refractivity contribution in [3.05, 3.63) is 52.7 Å². The van der Waals surface area contributed by atoms with Gasteiger partial charge >= 0.3 is 5.97 Å². The topological polar surface area (TPSA) is 97.8 Å². The molecule has 3 aliphatic rings. The SMILES string of the molecule is COc1ccc(-c2c3c(c(OC)c4c2OCO4)C(C2OC(=O)c4c2ccc(OC)c4OC)N(C)CC3)cn1. The molecule has 0 radical (unpaired) electrons. The van der Waals surface area contributed by atoms with Crippen molar-refractivity contribution in [3.8, 4) is 45.8 Å². The van der Waals surface area contributed by atoms with Gasteiger partial charge in [0.2, 0.25) is 18.4 Å². The summed E-state index contributed by atoms with van der Waals surface area (Å²) in [7, 11) is 8.26. The predicted octanol–water partition coefficient (Wildman–Crippen LogP) is 3.95. The van der Waals surface area contributed by atoms with Crippen LogP contribution in [-0.2, 0) is 11.2 Å². The Hall–Kier alpha value is -4.18. The van der Waals surface area contributed by atoms with Gasteiger partial charge in [0.05, 0.1) is 34.5 Å². The van der Waals surface area contributed by atoms with Crippen molar-refractivity contribution < 1.29 is 38.0 Å². The highest BCUT2D eigenvalue weighted by atomic mass is 16.7. The Labute approximate surface area is 219 Å². The van der Waals surface area contributed by atoms with Crippen molar-refractivity contribution in [1.82, 2.24) is 9.88 Å². The van der Waals surface area contributed by atoms with Crippen LogP contribution in [0.4, 0.5) is 0 Å². The summed E-state index contributed by atoms with van der Waals surface area (Å²) in [5.41, 5.74) is 4.77. The van der Waals surface area contributed by atoms with Crippen molar-refractivity contribution in [1.29, 1.82) is 0 Å². The summed E-state index contributed by atoms with van der Waals surface area (Å²) in [4.78, 5) is 19.8. The van der Waals surface area contributed by atoms with Crippen LogP contribution in [0.5, 0.6) is 34.6 Å². The molecule has 0 fully saturated rings. The Morgan fingerprint density at radius 3 is 2.39 bits per heavy atom. The second kappa shape index (κ2) is 9.29. The lowest BCUT2D eigenvalue weighted by Gasteiger charge is -2.39. The molecule has 2 aromatic carbocycles. The molecule has 0 saturated heterocycles. The van der Waals surface area contributed by atoms with E-state index in [0.717, 1.165) is 34.2 Å². The van der Waals surface area contributed by atoms with Crippen LogP contribution in [0, 0.1) is 0 Å². The maximum atomic E-state index is 13.2. The van der Waals surface area contributed by atoms with Gasteiger partial charge in [0, 0.05) is 41.1 Å². The van der Waals surface area contributed by atoms with Gasteiger partial charge in [-0.05, 0) is 31.2 Å². The van der Waals surface area contributed by atoms with Gasteiger partial charge in [-0.3, -0.25) is 4.90 Å². The first kappa shape index (κ1) is 24.2. The third kappa shape index (κ3) is 3.43. The number of nitrogens with zero attached hydrogens (tertiary/aromatic N) is 2. The molecule has 2 unspecified atom stereocenters. The molecule has 0 bridgehead atoms. The van der Waals surface area contributed by atoms with Crippen LogP contribution in [-0.4, -0.2) is 64.7 Å². The molecule has 3 aliphatic heterocycles. The third-order valence-electron chi connectivity index (χ3n) is 7.45. The number of hydrogen-bond donors (Lipinski definition) is 0. The molecule has 0 N–H and O–H groups in total. The van der Waals surface area contributed by atoms with E-state index in [-0.39, 0.29) is 12.8 Å². The molecule has 10 heteroatoms. The fraction of sp³-hybridized carbons (Fsp3) is 0.357. The molecule has 0 spiro atoms. The van der Waals surface area contributed by atoms with Gasteiger partial charge < -0.3 is 33.2 Å². The number of fused-ring (bicyclic) bond motifs is 3. The maximum Gasteiger partial charge on any atom is 0.343 e. The second-order valence-corrected chi connectivity index (χ2v) is 9.22. The van der Waals surface area contributed by atoms with Gasteiger partial charge in [0.1, 0.15) is 11.7 Å². The number of likely N-dealkylation sites (N-methyl/N-ethyl adjacent to an activating group) is 1. The van der Waals surface area contributed by atoms with E-state index in [1.807, 2.05) is 25.2 Å². The first-order valence-corrected chi connectivity index (χ1v) is 12.2. The number of cyclic esters (lactones) is 1. The summed E-state index contributed by atoms with van der Waals surface area (Å²) in [5, 5.41) is 0. The van der Waals surface area contributed by atoms with Crippen molar-refractivity contribution in [2.24, 2.45) is 0 Å². The summed E-state index contributed by atoms with van der Waals surface area (Å²) in [6, 6.07) is 7.06. The van der Waals surface area contributed by atoms with E-state index in [4.69, 9.17) is 33.2 Å². The number of ether oxygens (including phenoxy) is 7. The standard InChI is InChI=1S/C28H28N2O8/c1-30-11-10-15-19(14-6-9-18(33-3)29-12-14)26-27(37-13-36-26)25(35-5)20(15)22(30)23-16-7-8-17(32-2)24(34-4)21(16)28(31)38-23/h6-9,12,22-23H,10-11,13H2,1-5H3. The molecule has 6 rings (SSSR count). The molecular weight excluding hydrogens is 492 g/mol. The van der Waals surface area contributed by atoms with E-state index in [1.54, 1.807) is 26.5 Å². The zero-order chi connectivity index (χ0) is 26.6. The minimum atomic E-state index is -0.613. The largest absolute Gasteiger partial charge is 0.493 e. The summed E-state index contributed by atoms with van der Waals surface area (Å²) in [6.07, 6.45) is 1.87. The van der Waals surface area contributed by atoms with Crippen LogP contribution >= 0.6 is 0 Å². The molecular formula is C28H28N2O8. The van der Waals surface area contributed by atoms with E-state index in [1.165, 1.54) is 14.2 Å². The third-order valence-corrected chi connectivity index (χ3v) is 7.45. The van der Waals surface area contributed by atoms with Gasteiger partial charge in [0.25, 0.3) is 0 Å². The van der Waals surface area contributed by atoms with E-state index in [0.29, 0.717) is 46.7 Å². The number of esters is 1. The summed E-state index contributed by atoms with van der Waals surface area (Å²) in [6.45, 7) is 0.789. The Bertz CT molecular complexity index is 1420. The Balaban J connectivity index is 1.58. The number of carbonyl (C=O) groups excluding carboxylic acids is 1. The predicted molar refractivity (Wildman–Crippen MR) is 136 cm³/mol. The fourth-order valence-electron chi connectivity index (χ4n) is 5.79. The van der Waals surface area contributed by atoms with Gasteiger partial charge in [-0.25, -0.2) is 9.78 Å². The van der Waals surface area contributed by atoms with Crippen LogP contribution in [0.3, 0.4) is 0 Å². The Morgan fingerprint density at radius 1 is 0.921 bits per heavy atom. The quantitative estimate of drug-likeness (QED) is 0.445. The van der Waals surface area contributed by atoms with Crippen molar-refractivity contribution in [2.75, 3.05) is 48.8 Å². The first-order chi connectivity index (χ1) is 18.5. The lowest BCUT2D eigenvalue weighted by molar-refractivity contribution is 0.00877. The number of methoxy groups -OCH3 is 4. The van der Waals surface area contributed by atoms with E-state index >= 15 is 0 Å². The maximum absolute atomic E-state index is 13.2. The minimum absolute atomic E-state index is 0.0733. The molecule has 3 aromatic rings. The van der Waals surface area contributed by atoms with Crippen molar-refractivity contribution in [3.63, 3.8) is 0 Å². The number of pyridine rings is 1. The van der Waals surface area contributed by atoms with E-state index in [2.05, 4.69) is 9.88 Å². The second-order valence-electron chi connectivity index (χ2n) is 9.22. The molecule has 4 heterocycles. The van der Waals surface area contributed by atoms with Crippen LogP contribution < -0.4 is 28.4 Å². The average Bonchev–Trinajstić information content (AvgIpc) is 3.56. The van der Waals surface area contributed by atoms with Crippen molar-refractivity contribution in [2.45, 2.75) is 18.6 Å². The molecule has 0 amide bonds. The van der Waals surface area contributed by atoms with Gasteiger partial charge in [-0.2, -0.15) is 0 Å². The summed E-state index contributed by atoms with van der Waals surface area (Å²) in [5.74, 6) is 2.59. The number of hydrogen-bond acceptors (Lipinski definition) is 10. The zero-order valence-electron chi connectivity index (χ0n) is 21.8. The number of carbonyl (C=O) groups is 1. The van der Waals surface area contributed by atoms with Gasteiger partial charge in [-0.1, -0.05) is 6.07 Å². The highest BCUT2D eigenvalue weighted by Crippen LogP contribution is 2.58. The van der Waals surface area contributed by atoms with Crippen molar-refractivity contribution >= 4 is 5.97 Å². The molecule has 2 atom stereocenters. The first-order valence-electron chi connectivity index (χ1n) is 12.2. The molecule has 38 heavy (non-hydrogen) atoms. The lowest BCUT2D eigenvalue weighted by atomic mass is 9.81. The van der Waals surface area contributed by atoms with Gasteiger partial charge in [0.15, 0.2) is 23.0 Å². The van der Waals surface area contributed by atoms with Crippen LogP contribution in [0.1, 0.15) is 39.2 Å². The van der Waals surface area contributed by atoms with Crippen LogP contribution in [0.15, 0.2) is 30.5 Å². The zero-order valence-corrected chi connectivity index (χ0v) is 21.8.